The normalized spacial score (nSPS) is 13.8. The van der Waals surface area contributed by atoms with Gasteiger partial charge in [0.2, 0.25) is 0 Å². The van der Waals surface area contributed by atoms with Gasteiger partial charge in [0, 0.05) is 13.1 Å². The van der Waals surface area contributed by atoms with Gasteiger partial charge in [0.25, 0.3) is 0 Å². The number of carboxylic acid groups (broad SMARTS) is 3. The van der Waals surface area contributed by atoms with Crippen LogP contribution in [0.5, 0.6) is 0 Å². The summed E-state index contributed by atoms with van der Waals surface area (Å²) >= 11 is 0. The van der Waals surface area contributed by atoms with Gasteiger partial charge >= 0.3 is 17.9 Å². The number of carbonyl (C=O) groups is 3. The Morgan fingerprint density at radius 1 is 0.889 bits per heavy atom. The van der Waals surface area contributed by atoms with E-state index in [1.54, 1.807) is 0 Å². The van der Waals surface area contributed by atoms with Crippen LogP contribution in [0.1, 0.15) is 6.42 Å². The highest BCUT2D eigenvalue weighted by molar-refractivity contribution is 5.80. The van der Waals surface area contributed by atoms with Crippen LogP contribution in [-0.4, -0.2) is 70.1 Å². The van der Waals surface area contributed by atoms with Crippen LogP contribution in [0.3, 0.4) is 0 Å². The number of rotatable bonds is 10. The van der Waals surface area contributed by atoms with Gasteiger partial charge in [-0.25, -0.2) is 0 Å². The maximum absolute atomic E-state index is 10.6. The first kappa shape index (κ1) is 16.3. The summed E-state index contributed by atoms with van der Waals surface area (Å²) in [4.78, 5) is 31.5. The summed E-state index contributed by atoms with van der Waals surface area (Å²) in [5, 5.41) is 39.3. The van der Waals surface area contributed by atoms with Crippen LogP contribution in [0.15, 0.2) is 0 Å². The summed E-state index contributed by atoms with van der Waals surface area (Å²) in [6, 6.07) is -2.36. The van der Waals surface area contributed by atoms with Gasteiger partial charge in [0.05, 0.1) is 13.0 Å². The Bertz CT molecular complexity index is 307. The predicted molar refractivity (Wildman–Crippen MR) is 58.2 cm³/mol. The van der Waals surface area contributed by atoms with Crippen molar-refractivity contribution in [2.75, 3.05) is 19.7 Å². The maximum Gasteiger partial charge on any atom is 0.323 e. The largest absolute Gasteiger partial charge is 0.481 e. The van der Waals surface area contributed by atoms with Crippen LogP contribution >= 0.6 is 0 Å². The van der Waals surface area contributed by atoms with E-state index in [0.29, 0.717) is 0 Å². The molecule has 9 heteroatoms. The van der Waals surface area contributed by atoms with Crippen LogP contribution in [0.25, 0.3) is 0 Å². The maximum atomic E-state index is 10.6. The summed E-state index contributed by atoms with van der Waals surface area (Å²) < 4.78 is 0. The third-order valence-corrected chi connectivity index (χ3v) is 2.06. The van der Waals surface area contributed by atoms with Crippen LogP contribution in [0, 0.1) is 0 Å². The molecule has 0 aliphatic carbocycles. The lowest BCUT2D eigenvalue weighted by Crippen LogP contribution is -2.46. The first-order valence-corrected chi connectivity index (χ1v) is 5.13. The summed E-state index contributed by atoms with van der Waals surface area (Å²) in [5.74, 6) is -3.77. The van der Waals surface area contributed by atoms with E-state index in [1.165, 1.54) is 0 Å². The number of hydrogen-bond acceptors (Lipinski definition) is 6. The van der Waals surface area contributed by atoms with Crippen molar-refractivity contribution in [3.63, 3.8) is 0 Å². The van der Waals surface area contributed by atoms with E-state index in [9.17, 15) is 14.4 Å². The van der Waals surface area contributed by atoms with E-state index in [1.807, 2.05) is 0 Å². The Balaban J connectivity index is 3.96. The second-order valence-electron chi connectivity index (χ2n) is 3.47. The molecule has 0 amide bonds. The minimum Gasteiger partial charge on any atom is -0.481 e. The highest BCUT2D eigenvalue weighted by Crippen LogP contribution is 1.92. The Hall–Kier alpha value is -1.71. The summed E-state index contributed by atoms with van der Waals surface area (Å²) in [7, 11) is 0. The van der Waals surface area contributed by atoms with Crippen LogP contribution in [-0.2, 0) is 14.4 Å². The van der Waals surface area contributed by atoms with Crippen molar-refractivity contribution in [1.29, 1.82) is 0 Å². The Morgan fingerprint density at radius 2 is 1.33 bits per heavy atom. The standard InChI is InChI=1S/C9H16N2O7/c12-4-6(9(17)18)11-2-1-10-5(8(15)16)3-7(13)14/h5-6,10-12H,1-4H2,(H,13,14)(H,15,16)(H,17,18). The van der Waals surface area contributed by atoms with Crippen LogP contribution < -0.4 is 10.6 Å². The molecule has 0 spiro atoms. The van der Waals surface area contributed by atoms with Gasteiger partial charge in [0.1, 0.15) is 12.1 Å². The van der Waals surface area contributed by atoms with E-state index in [-0.39, 0.29) is 13.1 Å². The van der Waals surface area contributed by atoms with Crippen molar-refractivity contribution in [2.24, 2.45) is 0 Å². The lowest BCUT2D eigenvalue weighted by Gasteiger charge is -2.14. The van der Waals surface area contributed by atoms with Gasteiger partial charge in [-0.2, -0.15) is 0 Å². The van der Waals surface area contributed by atoms with Gasteiger partial charge in [0.15, 0.2) is 0 Å². The monoisotopic (exact) mass is 264 g/mol. The molecule has 0 heterocycles. The molecule has 6 N–H and O–H groups in total. The Morgan fingerprint density at radius 3 is 1.67 bits per heavy atom. The van der Waals surface area contributed by atoms with Crippen molar-refractivity contribution < 1.29 is 34.8 Å². The second-order valence-corrected chi connectivity index (χ2v) is 3.47. The zero-order valence-corrected chi connectivity index (χ0v) is 9.50. The van der Waals surface area contributed by atoms with E-state index in [0.717, 1.165) is 0 Å². The number of hydrogen-bond donors (Lipinski definition) is 6. The molecule has 0 fully saturated rings. The number of carboxylic acids is 3. The zero-order valence-electron chi connectivity index (χ0n) is 9.50. The molecule has 9 nitrogen and oxygen atoms in total. The molecular weight excluding hydrogens is 248 g/mol. The quantitative estimate of drug-likeness (QED) is 0.235. The third-order valence-electron chi connectivity index (χ3n) is 2.06. The van der Waals surface area contributed by atoms with E-state index in [4.69, 9.17) is 20.4 Å². The van der Waals surface area contributed by atoms with Crippen molar-refractivity contribution in [1.82, 2.24) is 10.6 Å². The van der Waals surface area contributed by atoms with Crippen LogP contribution in [0.4, 0.5) is 0 Å². The summed E-state index contributed by atoms with van der Waals surface area (Å²) in [6.07, 6.45) is -0.572. The molecule has 104 valence electrons. The topological polar surface area (TPSA) is 156 Å². The SMILES string of the molecule is O=C(O)CC(NCCNC(CO)C(=O)O)C(=O)O. The summed E-state index contributed by atoms with van der Waals surface area (Å²) in [5.41, 5.74) is 0. The molecule has 0 aliphatic heterocycles. The molecule has 0 radical (unpaired) electrons. The minimum atomic E-state index is -1.30. The fourth-order valence-corrected chi connectivity index (χ4v) is 1.14. The van der Waals surface area contributed by atoms with E-state index < -0.39 is 43.0 Å². The molecule has 2 atom stereocenters. The Kier molecular flexibility index (Phi) is 7.59. The van der Waals surface area contributed by atoms with Gasteiger partial charge < -0.3 is 31.1 Å². The van der Waals surface area contributed by atoms with Gasteiger partial charge in [-0.05, 0) is 0 Å². The fraction of sp³-hybridized carbons (Fsp3) is 0.667. The van der Waals surface area contributed by atoms with Gasteiger partial charge in [-0.3, -0.25) is 14.4 Å². The number of aliphatic hydroxyl groups excluding tert-OH is 1. The number of aliphatic hydroxyl groups is 1. The first-order chi connectivity index (χ1) is 8.38. The second kappa shape index (κ2) is 8.39. The average Bonchev–Trinajstić information content (AvgIpc) is 2.26. The van der Waals surface area contributed by atoms with E-state index in [2.05, 4.69) is 10.6 Å². The number of aliphatic carboxylic acids is 3. The van der Waals surface area contributed by atoms with Crippen LogP contribution in [0.2, 0.25) is 0 Å². The smallest absolute Gasteiger partial charge is 0.323 e. The number of nitrogens with one attached hydrogen (secondary N) is 2. The zero-order chi connectivity index (χ0) is 14.1. The third kappa shape index (κ3) is 6.78. The molecule has 18 heavy (non-hydrogen) atoms. The molecular formula is C9H16N2O7. The highest BCUT2D eigenvalue weighted by Gasteiger charge is 2.20. The van der Waals surface area contributed by atoms with Gasteiger partial charge in [-0.15, -0.1) is 0 Å². The highest BCUT2D eigenvalue weighted by atomic mass is 16.4. The van der Waals surface area contributed by atoms with Crippen molar-refractivity contribution in [3.05, 3.63) is 0 Å². The van der Waals surface area contributed by atoms with E-state index >= 15 is 0 Å². The Labute approximate surface area is 102 Å². The molecule has 0 bridgehead atoms. The molecule has 0 aromatic heterocycles. The molecule has 0 aliphatic rings. The average molecular weight is 264 g/mol. The molecule has 2 unspecified atom stereocenters. The molecule has 0 aromatic carbocycles. The molecule has 0 aromatic rings. The van der Waals surface area contributed by atoms with Crippen molar-refractivity contribution in [2.45, 2.75) is 18.5 Å². The van der Waals surface area contributed by atoms with Crippen molar-refractivity contribution in [3.8, 4) is 0 Å². The lowest BCUT2D eigenvalue weighted by molar-refractivity contribution is -0.145. The fourth-order valence-electron chi connectivity index (χ4n) is 1.14. The van der Waals surface area contributed by atoms with Crippen molar-refractivity contribution >= 4 is 17.9 Å². The predicted octanol–water partition coefficient (Wildman–Crippen LogP) is -2.46. The lowest BCUT2D eigenvalue weighted by atomic mass is 10.2. The molecule has 0 rings (SSSR count). The minimum absolute atomic E-state index is 0.0635. The van der Waals surface area contributed by atoms with Gasteiger partial charge in [-0.1, -0.05) is 0 Å². The summed E-state index contributed by atoms with van der Waals surface area (Å²) in [6.45, 7) is -0.443. The molecule has 0 saturated heterocycles. The molecule has 0 saturated carbocycles. The first-order valence-electron chi connectivity index (χ1n) is 5.13.